The molecule has 0 saturated heterocycles. The van der Waals surface area contributed by atoms with E-state index in [4.69, 9.17) is 0 Å². The average molecular weight is 295 g/mol. The lowest BCUT2D eigenvalue weighted by Crippen LogP contribution is -2.35. The molecule has 0 heterocycles. The van der Waals surface area contributed by atoms with Crippen molar-refractivity contribution in [1.29, 1.82) is 0 Å². The summed E-state index contributed by atoms with van der Waals surface area (Å²) in [6.45, 7) is 4.74. The summed E-state index contributed by atoms with van der Waals surface area (Å²) in [7, 11) is 8.46. The number of anilines is 1. The molecule has 2 nitrogen and oxygen atoms in total. The number of benzene rings is 1. The third-order valence-electron chi connectivity index (χ3n) is 5.16. The van der Waals surface area contributed by atoms with E-state index in [-0.39, 0.29) is 5.41 Å². The van der Waals surface area contributed by atoms with Crippen LogP contribution in [0.5, 0.6) is 0 Å². The standard InChI is InChI=1S/C20H27N2/c1-20(2)18-12-16(21(3)4)9-7-14(18)11-15-8-10-17(22(5)6)13-19(15)20/h7-10,12-14H,11H2,1-6H3/q+1. The van der Waals surface area contributed by atoms with Crippen LogP contribution >= 0.6 is 0 Å². The Labute approximate surface area is 134 Å². The van der Waals surface area contributed by atoms with Gasteiger partial charge < -0.3 is 4.90 Å². The van der Waals surface area contributed by atoms with Gasteiger partial charge in [0.2, 0.25) is 0 Å². The van der Waals surface area contributed by atoms with Crippen molar-refractivity contribution in [2.45, 2.75) is 25.7 Å². The van der Waals surface area contributed by atoms with Crippen LogP contribution in [0, 0.1) is 5.92 Å². The zero-order chi connectivity index (χ0) is 16.1. The van der Waals surface area contributed by atoms with Crippen LogP contribution in [0.15, 0.2) is 42.0 Å². The second kappa shape index (κ2) is 5.12. The van der Waals surface area contributed by atoms with Gasteiger partial charge in [0.25, 0.3) is 0 Å². The summed E-state index contributed by atoms with van der Waals surface area (Å²) in [4.78, 5) is 2.19. The zero-order valence-electron chi connectivity index (χ0n) is 14.6. The Hall–Kier alpha value is -1.83. The Balaban J connectivity index is 2.15. The van der Waals surface area contributed by atoms with E-state index >= 15 is 0 Å². The molecule has 0 spiro atoms. The highest BCUT2D eigenvalue weighted by molar-refractivity contribution is 6.02. The zero-order valence-corrected chi connectivity index (χ0v) is 14.6. The first-order chi connectivity index (χ1) is 10.3. The lowest BCUT2D eigenvalue weighted by Gasteiger charge is -2.41. The summed E-state index contributed by atoms with van der Waals surface area (Å²) in [6, 6.07) is 6.94. The second-order valence-electron chi connectivity index (χ2n) is 7.45. The first-order valence-electron chi connectivity index (χ1n) is 8.06. The molecule has 1 aromatic carbocycles. The number of fused-ring (bicyclic) bond motifs is 2. The van der Waals surface area contributed by atoms with Crippen molar-refractivity contribution in [2.75, 3.05) is 33.1 Å². The van der Waals surface area contributed by atoms with Crippen molar-refractivity contribution >= 4 is 11.4 Å². The van der Waals surface area contributed by atoms with Gasteiger partial charge in [-0.05, 0) is 35.3 Å². The largest absolute Gasteiger partial charge is 0.378 e. The fourth-order valence-electron chi connectivity index (χ4n) is 3.73. The van der Waals surface area contributed by atoms with E-state index in [2.05, 4.69) is 87.9 Å². The van der Waals surface area contributed by atoms with Crippen molar-refractivity contribution in [3.8, 4) is 0 Å². The number of hydrogen-bond acceptors (Lipinski definition) is 1. The van der Waals surface area contributed by atoms with Gasteiger partial charge >= 0.3 is 0 Å². The van der Waals surface area contributed by atoms with E-state index in [1.54, 1.807) is 5.57 Å². The maximum Gasteiger partial charge on any atom is 0.199 e. The molecule has 1 aromatic rings. The molecule has 1 atom stereocenters. The fourth-order valence-corrected chi connectivity index (χ4v) is 3.73. The SMILES string of the molecule is CN(C)c1ccc2c(c1)C(C)(C)C1=CC(=[N+](C)C)C=CC1C2. The number of nitrogens with zero attached hydrogens (tertiary/aromatic N) is 2. The molecule has 2 aliphatic rings. The molecule has 0 radical (unpaired) electrons. The van der Waals surface area contributed by atoms with Crippen molar-refractivity contribution in [2.24, 2.45) is 5.92 Å². The van der Waals surface area contributed by atoms with Crippen LogP contribution < -0.4 is 4.90 Å². The van der Waals surface area contributed by atoms with Gasteiger partial charge in [-0.1, -0.05) is 26.0 Å². The molecule has 1 unspecified atom stereocenters. The van der Waals surface area contributed by atoms with E-state index in [9.17, 15) is 0 Å². The maximum absolute atomic E-state index is 2.40. The molecule has 0 N–H and O–H groups in total. The fraction of sp³-hybridized carbons (Fsp3) is 0.450. The number of rotatable bonds is 1. The molecule has 0 amide bonds. The quantitative estimate of drug-likeness (QED) is 0.720. The van der Waals surface area contributed by atoms with Gasteiger partial charge in [-0.3, -0.25) is 0 Å². The van der Waals surface area contributed by atoms with Crippen LogP contribution in [0.1, 0.15) is 25.0 Å². The minimum atomic E-state index is 0.0797. The highest BCUT2D eigenvalue weighted by Gasteiger charge is 2.38. The van der Waals surface area contributed by atoms with E-state index in [0.29, 0.717) is 5.92 Å². The van der Waals surface area contributed by atoms with Crippen LogP contribution in [0.3, 0.4) is 0 Å². The third-order valence-corrected chi connectivity index (χ3v) is 5.16. The van der Waals surface area contributed by atoms with Crippen molar-refractivity contribution in [3.63, 3.8) is 0 Å². The molecule has 22 heavy (non-hydrogen) atoms. The monoisotopic (exact) mass is 295 g/mol. The summed E-state index contributed by atoms with van der Waals surface area (Å²) in [5.41, 5.74) is 7.18. The van der Waals surface area contributed by atoms with Gasteiger partial charge in [0, 0.05) is 43.3 Å². The maximum atomic E-state index is 2.40. The van der Waals surface area contributed by atoms with Crippen LogP contribution in [0.25, 0.3) is 0 Å². The Morgan fingerprint density at radius 2 is 1.91 bits per heavy atom. The van der Waals surface area contributed by atoms with E-state index in [1.807, 2.05) is 0 Å². The molecule has 0 aromatic heterocycles. The van der Waals surface area contributed by atoms with Gasteiger partial charge in [-0.2, -0.15) is 0 Å². The lowest BCUT2D eigenvalue weighted by atomic mass is 9.63. The van der Waals surface area contributed by atoms with Crippen LogP contribution in [-0.4, -0.2) is 38.5 Å². The molecule has 2 aliphatic carbocycles. The molecule has 3 rings (SSSR count). The van der Waals surface area contributed by atoms with E-state index in [0.717, 1.165) is 6.42 Å². The van der Waals surface area contributed by atoms with Gasteiger partial charge in [0.1, 0.15) is 14.1 Å². The Morgan fingerprint density at radius 1 is 1.18 bits per heavy atom. The summed E-state index contributed by atoms with van der Waals surface area (Å²) in [5, 5.41) is 0. The molecule has 2 heteroatoms. The smallest absolute Gasteiger partial charge is 0.199 e. The summed E-state index contributed by atoms with van der Waals surface area (Å²) < 4.78 is 2.20. The van der Waals surface area contributed by atoms with Crippen LogP contribution in [0.2, 0.25) is 0 Å². The normalized spacial score (nSPS) is 21.8. The second-order valence-corrected chi connectivity index (χ2v) is 7.45. The molecular weight excluding hydrogens is 268 g/mol. The molecule has 0 bridgehead atoms. The van der Waals surface area contributed by atoms with Gasteiger partial charge in [-0.15, -0.1) is 0 Å². The molecule has 0 saturated carbocycles. The van der Waals surface area contributed by atoms with Gasteiger partial charge in [-0.25, -0.2) is 4.58 Å². The minimum absolute atomic E-state index is 0.0797. The van der Waals surface area contributed by atoms with Crippen molar-refractivity contribution < 1.29 is 4.58 Å². The minimum Gasteiger partial charge on any atom is -0.378 e. The first-order valence-corrected chi connectivity index (χ1v) is 8.06. The molecular formula is C20H27N2+. The average Bonchev–Trinajstić information content (AvgIpc) is 2.46. The lowest BCUT2D eigenvalue weighted by molar-refractivity contribution is -0.462. The summed E-state index contributed by atoms with van der Waals surface area (Å²) in [6.07, 6.45) is 8.17. The molecule has 0 aliphatic heterocycles. The Bertz CT molecular complexity index is 698. The third kappa shape index (κ3) is 2.31. The Morgan fingerprint density at radius 3 is 2.55 bits per heavy atom. The number of hydrogen-bond donors (Lipinski definition) is 0. The highest BCUT2D eigenvalue weighted by Crippen LogP contribution is 2.46. The van der Waals surface area contributed by atoms with Crippen molar-refractivity contribution in [1.82, 2.24) is 0 Å². The highest BCUT2D eigenvalue weighted by atomic mass is 15.1. The summed E-state index contributed by atoms with van der Waals surface area (Å²) in [5.74, 6) is 0.538. The van der Waals surface area contributed by atoms with E-state index in [1.165, 1.54) is 22.5 Å². The van der Waals surface area contributed by atoms with Gasteiger partial charge in [0.15, 0.2) is 5.71 Å². The Kier molecular flexibility index (Phi) is 3.51. The number of allylic oxidation sites excluding steroid dienone is 4. The predicted octanol–water partition coefficient (Wildman–Crippen LogP) is 3.41. The van der Waals surface area contributed by atoms with Crippen molar-refractivity contribution in [3.05, 3.63) is 53.1 Å². The summed E-state index contributed by atoms with van der Waals surface area (Å²) >= 11 is 0. The molecule has 116 valence electrons. The van der Waals surface area contributed by atoms with E-state index < -0.39 is 0 Å². The topological polar surface area (TPSA) is 6.25 Å². The van der Waals surface area contributed by atoms with Crippen LogP contribution in [0.4, 0.5) is 5.69 Å². The molecule has 0 fully saturated rings. The predicted molar refractivity (Wildman–Crippen MR) is 95.3 cm³/mol. The van der Waals surface area contributed by atoms with Crippen LogP contribution in [-0.2, 0) is 11.8 Å². The first kappa shape index (κ1) is 15.1. The van der Waals surface area contributed by atoms with Gasteiger partial charge in [0.05, 0.1) is 0 Å².